The van der Waals surface area contributed by atoms with Crippen molar-refractivity contribution < 1.29 is 0 Å². The van der Waals surface area contributed by atoms with Gasteiger partial charge in [0, 0.05) is 44.8 Å². The zero-order chi connectivity index (χ0) is 35.9. The van der Waals surface area contributed by atoms with Gasteiger partial charge in [0.15, 0.2) is 0 Å². The van der Waals surface area contributed by atoms with Crippen LogP contribution in [0, 0.1) is 0 Å². The standard InChI is InChI=1S/C52H41BN2/c1-3-17-38-35(15-1)37-33-34(27-28-40(37)51(38)29-9-10-30-51)54-44-22-7-5-20-42(44)53-43-21-6-8-23-45(43)55(48-26-14-25-47(54)50(48)53)46-24-13-19-41-49(46)36-16-2-4-18-39(36)52(41)31-11-12-32-52/h1-8,13-28,33H,9-12,29-32H2. The molecule has 0 atom stereocenters. The summed E-state index contributed by atoms with van der Waals surface area (Å²) >= 11 is 0. The van der Waals surface area contributed by atoms with E-state index >= 15 is 0 Å². The van der Waals surface area contributed by atoms with E-state index in [1.807, 2.05) is 0 Å². The molecule has 7 aromatic rings. The second-order valence-electron chi connectivity index (χ2n) is 17.0. The summed E-state index contributed by atoms with van der Waals surface area (Å²) in [6, 6.07) is 58.7. The zero-order valence-corrected chi connectivity index (χ0v) is 31.1. The van der Waals surface area contributed by atoms with Gasteiger partial charge >= 0.3 is 0 Å². The first-order chi connectivity index (χ1) is 27.3. The lowest BCUT2D eigenvalue weighted by Crippen LogP contribution is -2.61. The molecule has 6 aliphatic rings. The minimum absolute atomic E-state index is 0.120. The average molecular weight is 705 g/mol. The van der Waals surface area contributed by atoms with Gasteiger partial charge in [0.05, 0.1) is 5.69 Å². The average Bonchev–Trinajstić information content (AvgIpc) is 4.05. The van der Waals surface area contributed by atoms with Crippen molar-refractivity contribution in [3.63, 3.8) is 0 Å². The monoisotopic (exact) mass is 704 g/mol. The largest absolute Gasteiger partial charge is 0.311 e. The third-order valence-corrected chi connectivity index (χ3v) is 14.7. The summed E-state index contributed by atoms with van der Waals surface area (Å²) in [5, 5.41) is 0. The van der Waals surface area contributed by atoms with Crippen LogP contribution in [0.25, 0.3) is 22.3 Å². The summed E-state index contributed by atoms with van der Waals surface area (Å²) in [5.41, 5.74) is 23.9. The molecule has 2 heterocycles. The minimum Gasteiger partial charge on any atom is -0.311 e. The molecule has 4 aliphatic carbocycles. The van der Waals surface area contributed by atoms with Crippen molar-refractivity contribution in [2.45, 2.75) is 62.2 Å². The molecule has 2 aliphatic heterocycles. The van der Waals surface area contributed by atoms with E-state index < -0.39 is 0 Å². The van der Waals surface area contributed by atoms with Gasteiger partial charge in [-0.15, -0.1) is 0 Å². The molecule has 0 unspecified atom stereocenters. The van der Waals surface area contributed by atoms with Crippen LogP contribution in [-0.4, -0.2) is 6.71 Å². The Kier molecular flexibility index (Phi) is 6.06. The molecule has 0 bridgehead atoms. The fourth-order valence-corrected chi connectivity index (χ4v) is 12.7. The minimum atomic E-state index is 0.120. The Labute approximate surface area is 324 Å². The molecule has 2 fully saturated rings. The van der Waals surface area contributed by atoms with E-state index in [-0.39, 0.29) is 17.5 Å². The van der Waals surface area contributed by atoms with Gasteiger partial charge in [-0.3, -0.25) is 0 Å². The fraction of sp³-hybridized carbons (Fsp3) is 0.192. The molecular weight excluding hydrogens is 663 g/mol. The van der Waals surface area contributed by atoms with E-state index in [2.05, 4.69) is 161 Å². The number of anilines is 6. The van der Waals surface area contributed by atoms with Gasteiger partial charge in [-0.05, 0) is 123 Å². The Bertz CT molecular complexity index is 2770. The number of para-hydroxylation sites is 2. The molecule has 55 heavy (non-hydrogen) atoms. The summed E-state index contributed by atoms with van der Waals surface area (Å²) in [6.07, 6.45) is 10.2. The molecule has 2 nitrogen and oxygen atoms in total. The van der Waals surface area contributed by atoms with Gasteiger partial charge in [0.2, 0.25) is 0 Å². The highest BCUT2D eigenvalue weighted by Gasteiger charge is 2.49. The lowest BCUT2D eigenvalue weighted by molar-refractivity contribution is 0.550. The van der Waals surface area contributed by atoms with E-state index in [1.54, 1.807) is 5.56 Å². The molecule has 0 aromatic heterocycles. The smallest absolute Gasteiger partial charge is 0.252 e. The van der Waals surface area contributed by atoms with Crippen molar-refractivity contribution in [3.8, 4) is 22.3 Å². The molecule has 0 radical (unpaired) electrons. The molecule has 7 aromatic carbocycles. The lowest BCUT2D eigenvalue weighted by atomic mass is 9.33. The number of rotatable bonds is 2. The van der Waals surface area contributed by atoms with Crippen LogP contribution in [0.3, 0.4) is 0 Å². The summed E-state index contributed by atoms with van der Waals surface area (Å²) in [6.45, 7) is 0.133. The first kappa shape index (κ1) is 30.5. The molecular formula is C52H41BN2. The highest BCUT2D eigenvalue weighted by atomic mass is 15.2. The summed E-state index contributed by atoms with van der Waals surface area (Å²) in [4.78, 5) is 5.21. The van der Waals surface area contributed by atoms with Crippen LogP contribution >= 0.6 is 0 Å². The van der Waals surface area contributed by atoms with Crippen LogP contribution < -0.4 is 26.2 Å². The maximum absolute atomic E-state index is 2.63. The van der Waals surface area contributed by atoms with Gasteiger partial charge in [-0.1, -0.05) is 135 Å². The van der Waals surface area contributed by atoms with Crippen molar-refractivity contribution >= 4 is 57.2 Å². The van der Waals surface area contributed by atoms with Crippen molar-refractivity contribution in [1.82, 2.24) is 0 Å². The molecule has 2 saturated carbocycles. The maximum atomic E-state index is 2.63. The molecule has 3 heteroatoms. The van der Waals surface area contributed by atoms with Crippen LogP contribution in [-0.2, 0) is 10.8 Å². The number of hydrogen-bond acceptors (Lipinski definition) is 2. The fourth-order valence-electron chi connectivity index (χ4n) is 12.7. The Morgan fingerprint density at radius 3 is 1.60 bits per heavy atom. The molecule has 2 spiro atoms. The van der Waals surface area contributed by atoms with Gasteiger partial charge in [0.25, 0.3) is 6.71 Å². The third kappa shape index (κ3) is 3.77. The Morgan fingerprint density at radius 1 is 0.382 bits per heavy atom. The second kappa shape index (κ2) is 10.9. The Morgan fingerprint density at radius 2 is 0.873 bits per heavy atom. The predicted octanol–water partition coefficient (Wildman–Crippen LogP) is 11.5. The summed E-state index contributed by atoms with van der Waals surface area (Å²) in [5.74, 6) is 0. The maximum Gasteiger partial charge on any atom is 0.252 e. The van der Waals surface area contributed by atoms with Crippen LogP contribution in [0.5, 0.6) is 0 Å². The molecule has 0 N–H and O–H groups in total. The van der Waals surface area contributed by atoms with Crippen molar-refractivity contribution in [3.05, 3.63) is 174 Å². The van der Waals surface area contributed by atoms with Crippen molar-refractivity contribution in [1.29, 1.82) is 0 Å². The van der Waals surface area contributed by atoms with E-state index in [4.69, 9.17) is 0 Å². The van der Waals surface area contributed by atoms with Crippen LogP contribution in [0.2, 0.25) is 0 Å². The normalized spacial score (nSPS) is 18.1. The first-order valence-corrected chi connectivity index (χ1v) is 20.7. The third-order valence-electron chi connectivity index (χ3n) is 14.7. The van der Waals surface area contributed by atoms with E-state index in [1.165, 1.54) is 141 Å². The number of nitrogens with zero attached hydrogens (tertiary/aromatic N) is 2. The molecule has 262 valence electrons. The molecule has 0 saturated heterocycles. The number of fused-ring (bicyclic) bond motifs is 14. The quantitative estimate of drug-likeness (QED) is 0.165. The van der Waals surface area contributed by atoms with E-state index in [9.17, 15) is 0 Å². The Hall–Kier alpha value is -5.80. The van der Waals surface area contributed by atoms with Crippen LogP contribution in [0.4, 0.5) is 34.1 Å². The van der Waals surface area contributed by atoms with Crippen LogP contribution in [0.1, 0.15) is 73.6 Å². The zero-order valence-electron chi connectivity index (χ0n) is 31.1. The lowest BCUT2D eigenvalue weighted by Gasteiger charge is -2.44. The topological polar surface area (TPSA) is 6.48 Å². The number of benzene rings is 7. The Balaban J connectivity index is 1.05. The van der Waals surface area contributed by atoms with E-state index in [0.29, 0.717) is 0 Å². The van der Waals surface area contributed by atoms with Gasteiger partial charge in [0.1, 0.15) is 0 Å². The number of hydrogen-bond donors (Lipinski definition) is 0. The SMILES string of the molecule is c1ccc2c(c1)B1c3ccccc3N(c3cccc4c3-c3ccccc3C43CCCC3)c3cccc(c31)N2c1ccc2c(c1)-c1ccccc1C21CCCC1. The molecule has 0 amide bonds. The van der Waals surface area contributed by atoms with Gasteiger partial charge in [-0.2, -0.15) is 0 Å². The summed E-state index contributed by atoms with van der Waals surface area (Å²) in [7, 11) is 0. The van der Waals surface area contributed by atoms with Crippen LogP contribution in [0.15, 0.2) is 152 Å². The first-order valence-electron chi connectivity index (χ1n) is 20.7. The van der Waals surface area contributed by atoms with Crippen molar-refractivity contribution in [2.75, 3.05) is 9.80 Å². The highest BCUT2D eigenvalue weighted by molar-refractivity contribution is 7.00. The highest BCUT2D eigenvalue weighted by Crippen LogP contribution is 2.61. The van der Waals surface area contributed by atoms with E-state index in [0.717, 1.165) is 0 Å². The predicted molar refractivity (Wildman–Crippen MR) is 230 cm³/mol. The summed E-state index contributed by atoms with van der Waals surface area (Å²) < 4.78 is 0. The van der Waals surface area contributed by atoms with Gasteiger partial charge in [-0.25, -0.2) is 0 Å². The molecule has 13 rings (SSSR count). The second-order valence-corrected chi connectivity index (χ2v) is 17.0. The van der Waals surface area contributed by atoms with Crippen molar-refractivity contribution in [2.24, 2.45) is 0 Å². The van der Waals surface area contributed by atoms with Gasteiger partial charge < -0.3 is 9.80 Å².